The Balaban J connectivity index is 2.74. The summed E-state index contributed by atoms with van der Waals surface area (Å²) in [5, 5.41) is 9.88. The van der Waals surface area contributed by atoms with Gasteiger partial charge in [0.05, 0.1) is 16.8 Å². The summed E-state index contributed by atoms with van der Waals surface area (Å²) in [6.45, 7) is 1.91. The number of carboxylic acids is 1. The van der Waals surface area contributed by atoms with Crippen LogP contribution in [0.5, 0.6) is 0 Å². The molecule has 0 amide bonds. The average molecular weight is 201 g/mol. The van der Waals surface area contributed by atoms with Crippen LogP contribution in [-0.2, 0) is 6.42 Å². The minimum Gasteiger partial charge on any atom is -0.478 e. The summed E-state index contributed by atoms with van der Waals surface area (Å²) >= 11 is 0. The zero-order valence-corrected chi connectivity index (χ0v) is 8.40. The summed E-state index contributed by atoms with van der Waals surface area (Å²) in [7, 11) is 0. The van der Waals surface area contributed by atoms with E-state index < -0.39 is 5.97 Å². The first-order chi connectivity index (χ1) is 7.22. The van der Waals surface area contributed by atoms with E-state index in [0.717, 1.165) is 10.9 Å². The van der Waals surface area contributed by atoms with Gasteiger partial charge in [0.2, 0.25) is 0 Å². The standard InChI is InChI=1S/C12H11NO2/c1-2-10-9(12(14)15)7-8-5-3-4-6-11(8)13-10/h3-7H,2H2,1H3,(H,14,15). The predicted molar refractivity (Wildman–Crippen MR) is 58.1 cm³/mol. The highest BCUT2D eigenvalue weighted by molar-refractivity contribution is 5.93. The van der Waals surface area contributed by atoms with Gasteiger partial charge in [-0.2, -0.15) is 0 Å². The van der Waals surface area contributed by atoms with Crippen molar-refractivity contribution in [2.24, 2.45) is 0 Å². The average Bonchev–Trinajstić information content (AvgIpc) is 2.27. The van der Waals surface area contributed by atoms with E-state index in [-0.39, 0.29) is 0 Å². The highest BCUT2D eigenvalue weighted by Gasteiger charge is 2.11. The lowest BCUT2D eigenvalue weighted by molar-refractivity contribution is 0.0695. The number of hydrogen-bond acceptors (Lipinski definition) is 2. The van der Waals surface area contributed by atoms with Crippen LogP contribution in [0.1, 0.15) is 23.0 Å². The molecule has 0 spiro atoms. The van der Waals surface area contributed by atoms with Gasteiger partial charge in [-0.25, -0.2) is 4.79 Å². The van der Waals surface area contributed by atoms with Gasteiger partial charge in [0.15, 0.2) is 0 Å². The van der Waals surface area contributed by atoms with Gasteiger partial charge >= 0.3 is 5.97 Å². The number of fused-ring (bicyclic) bond motifs is 1. The SMILES string of the molecule is CCc1nc2ccccc2cc1C(=O)O. The number of rotatable bonds is 2. The van der Waals surface area contributed by atoms with Crippen LogP contribution in [0.2, 0.25) is 0 Å². The minimum atomic E-state index is -0.912. The van der Waals surface area contributed by atoms with Gasteiger partial charge < -0.3 is 5.11 Å². The molecule has 2 aromatic rings. The third-order valence-electron chi connectivity index (χ3n) is 2.37. The van der Waals surface area contributed by atoms with Crippen LogP contribution in [0.4, 0.5) is 0 Å². The molecule has 0 saturated heterocycles. The second-order valence-corrected chi connectivity index (χ2v) is 3.33. The molecule has 1 aromatic heterocycles. The van der Waals surface area contributed by atoms with Crippen molar-refractivity contribution in [3.8, 4) is 0 Å². The molecule has 0 radical (unpaired) electrons. The number of para-hydroxylation sites is 1. The Morgan fingerprint density at radius 1 is 1.40 bits per heavy atom. The Morgan fingerprint density at radius 3 is 2.80 bits per heavy atom. The fourth-order valence-corrected chi connectivity index (χ4v) is 1.61. The van der Waals surface area contributed by atoms with E-state index in [9.17, 15) is 4.79 Å². The van der Waals surface area contributed by atoms with Crippen molar-refractivity contribution in [3.63, 3.8) is 0 Å². The Bertz CT molecular complexity index is 520. The summed E-state index contributed by atoms with van der Waals surface area (Å²) in [4.78, 5) is 15.3. The van der Waals surface area contributed by atoms with E-state index in [1.54, 1.807) is 6.07 Å². The summed E-state index contributed by atoms with van der Waals surface area (Å²) in [6.07, 6.45) is 0.631. The zero-order chi connectivity index (χ0) is 10.8. The van der Waals surface area contributed by atoms with Crippen LogP contribution in [0.3, 0.4) is 0 Å². The second kappa shape index (κ2) is 3.69. The van der Waals surface area contributed by atoms with Crippen molar-refractivity contribution >= 4 is 16.9 Å². The van der Waals surface area contributed by atoms with Crippen LogP contribution in [0, 0.1) is 0 Å². The predicted octanol–water partition coefficient (Wildman–Crippen LogP) is 2.50. The molecule has 3 heteroatoms. The number of aromatic nitrogens is 1. The third kappa shape index (κ3) is 1.68. The van der Waals surface area contributed by atoms with Gasteiger partial charge in [0.25, 0.3) is 0 Å². The molecule has 1 N–H and O–H groups in total. The molecule has 0 bridgehead atoms. The molecule has 1 aromatic carbocycles. The molecule has 3 nitrogen and oxygen atoms in total. The number of aryl methyl sites for hydroxylation is 1. The summed E-state index contributed by atoms with van der Waals surface area (Å²) in [5.41, 5.74) is 1.79. The Morgan fingerprint density at radius 2 is 2.13 bits per heavy atom. The quantitative estimate of drug-likeness (QED) is 0.812. The van der Waals surface area contributed by atoms with E-state index in [1.165, 1.54) is 0 Å². The number of nitrogens with zero attached hydrogens (tertiary/aromatic N) is 1. The van der Waals surface area contributed by atoms with Crippen LogP contribution in [0.25, 0.3) is 10.9 Å². The molecule has 1 heterocycles. The first kappa shape index (κ1) is 9.65. The van der Waals surface area contributed by atoms with E-state index in [0.29, 0.717) is 17.7 Å². The molecule has 0 aliphatic carbocycles. The van der Waals surface area contributed by atoms with Crippen molar-refractivity contribution in [2.45, 2.75) is 13.3 Å². The summed E-state index contributed by atoms with van der Waals surface area (Å²) in [6, 6.07) is 9.22. The maximum atomic E-state index is 11.0. The highest BCUT2D eigenvalue weighted by atomic mass is 16.4. The molecular weight excluding hydrogens is 190 g/mol. The fourth-order valence-electron chi connectivity index (χ4n) is 1.61. The van der Waals surface area contributed by atoms with Crippen molar-refractivity contribution in [1.29, 1.82) is 0 Å². The molecule has 0 fully saturated rings. The van der Waals surface area contributed by atoms with E-state index in [2.05, 4.69) is 4.98 Å². The third-order valence-corrected chi connectivity index (χ3v) is 2.37. The number of pyridine rings is 1. The van der Waals surface area contributed by atoms with Crippen LogP contribution < -0.4 is 0 Å². The van der Waals surface area contributed by atoms with Gasteiger partial charge in [-0.1, -0.05) is 25.1 Å². The largest absolute Gasteiger partial charge is 0.478 e. The second-order valence-electron chi connectivity index (χ2n) is 3.33. The first-order valence-corrected chi connectivity index (χ1v) is 4.84. The van der Waals surface area contributed by atoms with Gasteiger partial charge in [0, 0.05) is 5.39 Å². The van der Waals surface area contributed by atoms with Crippen molar-refractivity contribution in [1.82, 2.24) is 4.98 Å². The lowest BCUT2D eigenvalue weighted by atomic mass is 10.1. The molecule has 0 atom stereocenters. The van der Waals surface area contributed by atoms with Crippen molar-refractivity contribution in [3.05, 3.63) is 41.6 Å². The monoisotopic (exact) mass is 201 g/mol. The van der Waals surface area contributed by atoms with E-state index >= 15 is 0 Å². The molecular formula is C12H11NO2. The molecule has 15 heavy (non-hydrogen) atoms. The zero-order valence-electron chi connectivity index (χ0n) is 8.40. The van der Waals surface area contributed by atoms with Crippen LogP contribution in [-0.4, -0.2) is 16.1 Å². The van der Waals surface area contributed by atoms with Gasteiger partial charge in [-0.15, -0.1) is 0 Å². The molecule has 0 aliphatic heterocycles. The fraction of sp³-hybridized carbons (Fsp3) is 0.167. The molecule has 76 valence electrons. The van der Waals surface area contributed by atoms with Gasteiger partial charge in [-0.05, 0) is 18.6 Å². The van der Waals surface area contributed by atoms with E-state index in [4.69, 9.17) is 5.11 Å². The maximum Gasteiger partial charge on any atom is 0.337 e. The van der Waals surface area contributed by atoms with Gasteiger partial charge in [0.1, 0.15) is 0 Å². The highest BCUT2D eigenvalue weighted by Crippen LogP contribution is 2.17. The van der Waals surface area contributed by atoms with Crippen molar-refractivity contribution < 1.29 is 9.90 Å². The Kier molecular flexibility index (Phi) is 2.37. The molecule has 2 rings (SSSR count). The smallest absolute Gasteiger partial charge is 0.337 e. The van der Waals surface area contributed by atoms with Crippen LogP contribution >= 0.6 is 0 Å². The summed E-state index contributed by atoms with van der Waals surface area (Å²) in [5.74, 6) is -0.912. The maximum absolute atomic E-state index is 11.0. The Labute approximate surface area is 87.4 Å². The lowest BCUT2D eigenvalue weighted by Crippen LogP contribution is -2.04. The molecule has 0 saturated carbocycles. The topological polar surface area (TPSA) is 50.2 Å². The number of hydrogen-bond donors (Lipinski definition) is 1. The normalized spacial score (nSPS) is 10.5. The number of carboxylic acid groups (broad SMARTS) is 1. The van der Waals surface area contributed by atoms with E-state index in [1.807, 2.05) is 31.2 Å². The first-order valence-electron chi connectivity index (χ1n) is 4.84. The summed E-state index contributed by atoms with van der Waals surface area (Å²) < 4.78 is 0. The van der Waals surface area contributed by atoms with Gasteiger partial charge in [-0.3, -0.25) is 4.98 Å². The number of carbonyl (C=O) groups is 1. The minimum absolute atomic E-state index is 0.302. The molecule has 0 unspecified atom stereocenters. The lowest BCUT2D eigenvalue weighted by Gasteiger charge is -2.04. The number of benzene rings is 1. The Hall–Kier alpha value is -1.90. The molecule has 0 aliphatic rings. The van der Waals surface area contributed by atoms with Crippen molar-refractivity contribution in [2.75, 3.05) is 0 Å². The number of aromatic carboxylic acids is 1. The van der Waals surface area contributed by atoms with Crippen LogP contribution in [0.15, 0.2) is 30.3 Å².